The van der Waals surface area contributed by atoms with Gasteiger partial charge in [-0.15, -0.1) is 0 Å². The second-order valence-corrected chi connectivity index (χ2v) is 5.77. The van der Waals surface area contributed by atoms with Gasteiger partial charge in [-0.25, -0.2) is 0 Å². The highest BCUT2D eigenvalue weighted by Gasteiger charge is 2.37. The second-order valence-electron chi connectivity index (χ2n) is 5.77. The first-order valence-corrected chi connectivity index (χ1v) is 7.78. The van der Waals surface area contributed by atoms with Gasteiger partial charge in [0.1, 0.15) is 0 Å². The molecule has 0 spiro atoms. The van der Waals surface area contributed by atoms with E-state index in [-0.39, 0.29) is 12.0 Å². The SMILES string of the molecule is CCCNC1CCCCCC1c1cnccc1C(F)(F)F. The Labute approximate surface area is 124 Å². The molecule has 0 bridgehead atoms. The van der Waals surface area contributed by atoms with Gasteiger partial charge in [0.2, 0.25) is 0 Å². The molecule has 1 aliphatic rings. The average Bonchev–Trinajstić information content (AvgIpc) is 2.69. The third-order valence-electron chi connectivity index (χ3n) is 4.23. The number of nitrogens with one attached hydrogen (secondary N) is 1. The standard InChI is InChI=1S/C16H23F3N2/c1-2-9-21-15-7-5-3-4-6-12(15)13-11-20-10-8-14(13)16(17,18)19/h8,10-12,15,21H,2-7,9H2,1H3. The monoisotopic (exact) mass is 300 g/mol. The van der Waals surface area contributed by atoms with Crippen molar-refractivity contribution in [3.63, 3.8) is 0 Å². The zero-order chi connectivity index (χ0) is 15.3. The zero-order valence-corrected chi connectivity index (χ0v) is 12.4. The second kappa shape index (κ2) is 7.25. The predicted octanol–water partition coefficient (Wildman–Crippen LogP) is 4.52. The molecule has 5 heteroatoms. The van der Waals surface area contributed by atoms with E-state index >= 15 is 0 Å². The van der Waals surface area contributed by atoms with Crippen LogP contribution in [-0.4, -0.2) is 17.6 Å². The Balaban J connectivity index is 2.31. The van der Waals surface area contributed by atoms with Crippen LogP contribution in [-0.2, 0) is 6.18 Å². The third kappa shape index (κ3) is 4.19. The van der Waals surface area contributed by atoms with E-state index < -0.39 is 11.7 Å². The van der Waals surface area contributed by atoms with Gasteiger partial charge >= 0.3 is 6.18 Å². The molecule has 1 aromatic rings. The molecule has 118 valence electrons. The summed E-state index contributed by atoms with van der Waals surface area (Å²) in [6.07, 6.45) is 4.25. The summed E-state index contributed by atoms with van der Waals surface area (Å²) < 4.78 is 39.7. The molecule has 1 aliphatic carbocycles. The third-order valence-corrected chi connectivity index (χ3v) is 4.23. The number of nitrogens with zero attached hydrogens (tertiary/aromatic N) is 1. The summed E-state index contributed by atoms with van der Waals surface area (Å²) in [5, 5.41) is 3.44. The molecule has 1 aromatic heterocycles. The highest BCUT2D eigenvalue weighted by atomic mass is 19.4. The molecule has 1 fully saturated rings. The van der Waals surface area contributed by atoms with Gasteiger partial charge in [-0.2, -0.15) is 13.2 Å². The summed E-state index contributed by atoms with van der Waals surface area (Å²) in [4.78, 5) is 3.95. The first kappa shape index (κ1) is 16.3. The van der Waals surface area contributed by atoms with E-state index in [1.807, 2.05) is 0 Å². The Kier molecular flexibility index (Phi) is 5.62. The normalized spacial score (nSPS) is 23.8. The van der Waals surface area contributed by atoms with E-state index in [1.54, 1.807) is 0 Å². The van der Waals surface area contributed by atoms with Gasteiger partial charge in [-0.3, -0.25) is 4.98 Å². The lowest BCUT2D eigenvalue weighted by Crippen LogP contribution is -2.35. The average molecular weight is 300 g/mol. The molecule has 0 aromatic carbocycles. The highest BCUT2D eigenvalue weighted by Crippen LogP contribution is 2.39. The van der Waals surface area contributed by atoms with Crippen LogP contribution in [0.2, 0.25) is 0 Å². The number of alkyl halides is 3. The maximum atomic E-state index is 13.2. The summed E-state index contributed by atoms with van der Waals surface area (Å²) in [6.45, 7) is 2.92. The van der Waals surface area contributed by atoms with Crippen LogP contribution in [0, 0.1) is 0 Å². The van der Waals surface area contributed by atoms with Crippen LogP contribution < -0.4 is 5.32 Å². The van der Waals surface area contributed by atoms with Crippen molar-refractivity contribution in [2.75, 3.05) is 6.54 Å². The Bertz CT molecular complexity index is 445. The lowest BCUT2D eigenvalue weighted by atomic mass is 9.85. The minimum Gasteiger partial charge on any atom is -0.313 e. The molecule has 2 rings (SSSR count). The molecule has 2 atom stereocenters. The number of halogens is 3. The number of hydrogen-bond acceptors (Lipinski definition) is 2. The first-order valence-electron chi connectivity index (χ1n) is 7.78. The molecule has 0 aliphatic heterocycles. The molecule has 0 radical (unpaired) electrons. The number of hydrogen-bond donors (Lipinski definition) is 1. The van der Waals surface area contributed by atoms with Crippen molar-refractivity contribution in [2.45, 2.75) is 63.6 Å². The predicted molar refractivity (Wildman–Crippen MR) is 77.1 cm³/mol. The van der Waals surface area contributed by atoms with Crippen molar-refractivity contribution in [2.24, 2.45) is 0 Å². The van der Waals surface area contributed by atoms with Crippen LogP contribution in [0.4, 0.5) is 13.2 Å². The Morgan fingerprint density at radius 1 is 1.24 bits per heavy atom. The topological polar surface area (TPSA) is 24.9 Å². The molecule has 21 heavy (non-hydrogen) atoms. The Morgan fingerprint density at radius 3 is 2.71 bits per heavy atom. The quantitative estimate of drug-likeness (QED) is 0.827. The van der Waals surface area contributed by atoms with Crippen molar-refractivity contribution in [1.29, 1.82) is 0 Å². The minimum absolute atomic E-state index is 0.0932. The van der Waals surface area contributed by atoms with E-state index in [0.29, 0.717) is 5.56 Å². The molecular formula is C16H23F3N2. The van der Waals surface area contributed by atoms with Crippen LogP contribution in [0.3, 0.4) is 0 Å². The van der Waals surface area contributed by atoms with Gasteiger partial charge in [-0.1, -0.05) is 26.2 Å². The summed E-state index contributed by atoms with van der Waals surface area (Å²) >= 11 is 0. The molecule has 2 nitrogen and oxygen atoms in total. The van der Waals surface area contributed by atoms with Crippen LogP contribution in [0.25, 0.3) is 0 Å². The van der Waals surface area contributed by atoms with Gasteiger partial charge in [0.15, 0.2) is 0 Å². The molecular weight excluding hydrogens is 277 g/mol. The summed E-state index contributed by atoms with van der Waals surface area (Å²) in [5.41, 5.74) is -0.159. The molecule has 1 N–H and O–H groups in total. The lowest BCUT2D eigenvalue weighted by molar-refractivity contribution is -0.138. The zero-order valence-electron chi connectivity index (χ0n) is 12.4. The van der Waals surface area contributed by atoms with Crippen molar-refractivity contribution in [1.82, 2.24) is 10.3 Å². The van der Waals surface area contributed by atoms with Crippen LogP contribution in [0.5, 0.6) is 0 Å². The van der Waals surface area contributed by atoms with E-state index in [9.17, 15) is 13.2 Å². The van der Waals surface area contributed by atoms with Gasteiger partial charge in [0.05, 0.1) is 5.56 Å². The minimum atomic E-state index is -4.31. The van der Waals surface area contributed by atoms with Crippen molar-refractivity contribution in [3.05, 3.63) is 29.6 Å². The summed E-state index contributed by atoms with van der Waals surface area (Å²) in [6, 6.07) is 1.23. The number of rotatable bonds is 4. The van der Waals surface area contributed by atoms with Crippen LogP contribution >= 0.6 is 0 Å². The summed E-state index contributed by atoms with van der Waals surface area (Å²) in [5.74, 6) is -0.0932. The smallest absolute Gasteiger partial charge is 0.313 e. The first-order chi connectivity index (χ1) is 10.0. The fraction of sp³-hybridized carbons (Fsp3) is 0.688. The maximum Gasteiger partial charge on any atom is 0.416 e. The molecule has 0 saturated heterocycles. The van der Waals surface area contributed by atoms with E-state index in [0.717, 1.165) is 51.1 Å². The van der Waals surface area contributed by atoms with Gasteiger partial charge in [0.25, 0.3) is 0 Å². The Morgan fingerprint density at radius 2 is 2.00 bits per heavy atom. The maximum absolute atomic E-state index is 13.2. The number of aromatic nitrogens is 1. The van der Waals surface area contributed by atoms with Crippen LogP contribution in [0.15, 0.2) is 18.5 Å². The molecule has 1 saturated carbocycles. The van der Waals surface area contributed by atoms with E-state index in [1.165, 1.54) is 12.4 Å². The largest absolute Gasteiger partial charge is 0.416 e. The van der Waals surface area contributed by atoms with E-state index in [4.69, 9.17) is 0 Å². The molecule has 1 heterocycles. The lowest BCUT2D eigenvalue weighted by Gasteiger charge is -2.28. The highest BCUT2D eigenvalue weighted by molar-refractivity contribution is 5.31. The van der Waals surface area contributed by atoms with Crippen molar-refractivity contribution < 1.29 is 13.2 Å². The van der Waals surface area contributed by atoms with Crippen molar-refractivity contribution >= 4 is 0 Å². The fourth-order valence-electron chi connectivity index (χ4n) is 3.21. The Hall–Kier alpha value is -1.10. The summed E-state index contributed by atoms with van der Waals surface area (Å²) in [7, 11) is 0. The number of pyridine rings is 1. The van der Waals surface area contributed by atoms with Gasteiger partial charge in [0, 0.05) is 24.4 Å². The molecule has 2 unspecified atom stereocenters. The molecule has 0 amide bonds. The van der Waals surface area contributed by atoms with Crippen molar-refractivity contribution in [3.8, 4) is 0 Å². The van der Waals surface area contributed by atoms with Gasteiger partial charge < -0.3 is 5.32 Å². The fourth-order valence-corrected chi connectivity index (χ4v) is 3.21. The van der Waals surface area contributed by atoms with Crippen LogP contribution in [0.1, 0.15) is 62.5 Å². The van der Waals surface area contributed by atoms with Gasteiger partial charge in [-0.05, 0) is 37.4 Å². The van der Waals surface area contributed by atoms with E-state index in [2.05, 4.69) is 17.2 Å².